The molecule has 2 aromatic heterocycles. The summed E-state index contributed by atoms with van der Waals surface area (Å²) >= 11 is 5.94. The Balaban J connectivity index is 1.97. The summed E-state index contributed by atoms with van der Waals surface area (Å²) < 4.78 is 68.9. The van der Waals surface area contributed by atoms with Crippen molar-refractivity contribution in [2.75, 3.05) is 10.6 Å². The van der Waals surface area contributed by atoms with Crippen LogP contribution in [-0.2, 0) is 0 Å². The molecule has 2 N–H and O–H groups in total. The van der Waals surface area contributed by atoms with E-state index < -0.39 is 60.2 Å². The second-order valence-electron chi connectivity index (χ2n) is 4.11. The minimum Gasteiger partial charge on any atom is -0.367 e. The van der Waals surface area contributed by atoms with E-state index in [-0.39, 0.29) is 11.4 Å². The first-order chi connectivity index (χ1) is 13.7. The van der Waals surface area contributed by atoms with E-state index in [1.165, 1.54) is 18.3 Å². The summed E-state index contributed by atoms with van der Waals surface area (Å²) in [6.07, 6.45) is -3.68. The third-order valence-corrected chi connectivity index (χ3v) is 2.93. The van der Waals surface area contributed by atoms with Gasteiger partial charge in [0.15, 0.2) is 5.15 Å². The molecule has 5 nitrogen and oxygen atoms in total. The molecular weight excluding hydrogens is 288 g/mol. The summed E-state index contributed by atoms with van der Waals surface area (Å²) in [5, 5.41) is 4.36. The number of carbonyl (C=O) groups is 1. The Hall–Kier alpha value is -2.14. The highest BCUT2D eigenvalue weighted by atomic mass is 35.5. The van der Waals surface area contributed by atoms with Crippen molar-refractivity contribution in [3.05, 3.63) is 46.8 Å². The monoisotopic (exact) mass is 311 g/mol. The zero-order chi connectivity index (χ0) is 22.6. The Morgan fingerprint density at radius 3 is 3.19 bits per heavy atom. The molecule has 21 heavy (non-hydrogen) atoms. The summed E-state index contributed by atoms with van der Waals surface area (Å²) in [7, 11) is 0. The maximum absolute atomic E-state index is 12.8. The molecule has 3 rings (SSSR count). The van der Waals surface area contributed by atoms with Crippen LogP contribution in [0.1, 0.15) is 41.0 Å². The molecule has 2 heterocycles. The molecule has 0 atom stereocenters. The maximum atomic E-state index is 12.8. The molecule has 0 saturated heterocycles. The average Bonchev–Trinajstić information content (AvgIpc) is 3.01. The maximum Gasteiger partial charge on any atom is 0.259 e. The topological polar surface area (TPSA) is 66.9 Å². The summed E-state index contributed by atoms with van der Waals surface area (Å²) in [5.74, 6) is -1.01. The van der Waals surface area contributed by atoms with Gasteiger partial charge in [-0.2, -0.15) is 0 Å². The number of aromatic nitrogens is 2. The predicted molar refractivity (Wildman–Crippen MR) is 82.8 cm³/mol. The number of nitrogens with zero attached hydrogens (tertiary/aromatic N) is 2. The van der Waals surface area contributed by atoms with E-state index in [2.05, 4.69) is 20.6 Å². The number of rotatable bonds is 4. The second kappa shape index (κ2) is 5.69. The van der Waals surface area contributed by atoms with E-state index in [9.17, 15) is 4.79 Å². The second-order valence-corrected chi connectivity index (χ2v) is 4.47. The fourth-order valence-electron chi connectivity index (χ4n) is 1.60. The molecular formula is C15H15ClN4O. The van der Waals surface area contributed by atoms with Crippen LogP contribution in [0.15, 0.2) is 30.5 Å². The number of pyridine rings is 2. The Kier molecular flexibility index (Phi) is 1.83. The van der Waals surface area contributed by atoms with Crippen LogP contribution in [0.2, 0.25) is 5.15 Å². The SMILES string of the molecule is [2H]c1nc(Cl)c(NC(=O)c2cccnc2NC2C([2H])([2H])C2([2H])[2H])c(C([2H])([2H])[2H])c1[2H]. The molecule has 108 valence electrons. The van der Waals surface area contributed by atoms with E-state index in [1.807, 2.05) is 0 Å². The van der Waals surface area contributed by atoms with E-state index in [0.29, 0.717) is 0 Å². The number of hydrogen-bond acceptors (Lipinski definition) is 4. The number of amides is 1. The van der Waals surface area contributed by atoms with Crippen LogP contribution >= 0.6 is 11.6 Å². The molecule has 6 heteroatoms. The minimum atomic E-state index is -2.86. The molecule has 1 fully saturated rings. The van der Waals surface area contributed by atoms with Gasteiger partial charge in [0, 0.05) is 28.0 Å². The molecule has 0 radical (unpaired) electrons. The fraction of sp³-hybridized carbons (Fsp3) is 0.267. The van der Waals surface area contributed by atoms with Gasteiger partial charge in [-0.15, -0.1) is 0 Å². The van der Waals surface area contributed by atoms with Gasteiger partial charge in [-0.3, -0.25) is 4.79 Å². The molecule has 2 aromatic rings. The zero-order valence-corrected chi connectivity index (χ0v) is 11.2. The molecule has 0 bridgehead atoms. The van der Waals surface area contributed by atoms with Crippen molar-refractivity contribution in [1.82, 2.24) is 9.97 Å². The molecule has 0 aliphatic heterocycles. The normalized spacial score (nSPS) is 25.5. The lowest BCUT2D eigenvalue weighted by atomic mass is 10.2. The van der Waals surface area contributed by atoms with Crippen LogP contribution < -0.4 is 10.6 Å². The number of carbonyl (C=O) groups excluding carboxylic acids is 1. The smallest absolute Gasteiger partial charge is 0.259 e. The van der Waals surface area contributed by atoms with Gasteiger partial charge >= 0.3 is 0 Å². The molecule has 0 unspecified atom stereocenters. The van der Waals surface area contributed by atoms with E-state index in [4.69, 9.17) is 23.9 Å². The highest BCUT2D eigenvalue weighted by molar-refractivity contribution is 6.33. The quantitative estimate of drug-likeness (QED) is 0.850. The Bertz CT molecular complexity index is 1010. The highest BCUT2D eigenvalue weighted by Crippen LogP contribution is 2.27. The number of hydrogen-bond donors (Lipinski definition) is 2. The van der Waals surface area contributed by atoms with Crippen LogP contribution in [-0.4, -0.2) is 21.9 Å². The number of anilines is 2. The van der Waals surface area contributed by atoms with Gasteiger partial charge in [-0.25, -0.2) is 9.97 Å². The first kappa shape index (κ1) is 6.75. The standard InChI is InChI=1S/C15H15ClN4O/c1-9-6-8-17-13(16)12(9)20-15(21)11-3-2-7-18-14(11)19-10-4-5-10/h2-3,6-8,10H,4-5H2,1H3,(H,18,19)(H,20,21)/i1D3,4D2,5D2,6D,8D. The van der Waals surface area contributed by atoms with Crippen molar-refractivity contribution in [3.8, 4) is 0 Å². The fourth-order valence-corrected chi connectivity index (χ4v) is 1.79. The van der Waals surface area contributed by atoms with Crippen molar-refractivity contribution in [2.45, 2.75) is 25.6 Å². The van der Waals surface area contributed by atoms with Gasteiger partial charge in [0.2, 0.25) is 0 Å². The van der Waals surface area contributed by atoms with Gasteiger partial charge in [0.25, 0.3) is 5.91 Å². The predicted octanol–water partition coefficient (Wildman–Crippen LogP) is 3.27. The number of halogens is 1. The Morgan fingerprint density at radius 2 is 2.43 bits per heavy atom. The van der Waals surface area contributed by atoms with Gasteiger partial charge < -0.3 is 10.6 Å². The van der Waals surface area contributed by atoms with Crippen molar-refractivity contribution in [1.29, 1.82) is 0 Å². The van der Waals surface area contributed by atoms with E-state index in [0.717, 1.165) is 0 Å². The van der Waals surface area contributed by atoms with Gasteiger partial charge in [-0.05, 0) is 43.3 Å². The van der Waals surface area contributed by atoms with E-state index in [1.54, 1.807) is 0 Å². The van der Waals surface area contributed by atoms with Crippen molar-refractivity contribution >= 4 is 29.0 Å². The van der Waals surface area contributed by atoms with Crippen LogP contribution in [0.3, 0.4) is 0 Å². The van der Waals surface area contributed by atoms with Crippen LogP contribution in [0.25, 0.3) is 0 Å². The molecule has 1 aliphatic carbocycles. The van der Waals surface area contributed by atoms with Gasteiger partial charge in [0.05, 0.1) is 14.0 Å². The van der Waals surface area contributed by atoms with Gasteiger partial charge in [-0.1, -0.05) is 11.6 Å². The summed E-state index contributed by atoms with van der Waals surface area (Å²) in [6.45, 7) is -2.86. The average molecular weight is 312 g/mol. The highest BCUT2D eigenvalue weighted by Gasteiger charge is 2.24. The summed E-state index contributed by atoms with van der Waals surface area (Å²) in [4.78, 5) is 20.3. The summed E-state index contributed by atoms with van der Waals surface area (Å²) in [6, 6.07) is 0.772. The van der Waals surface area contributed by atoms with E-state index >= 15 is 0 Å². The summed E-state index contributed by atoms with van der Waals surface area (Å²) in [5.41, 5.74) is -1.23. The third-order valence-electron chi connectivity index (χ3n) is 2.65. The molecule has 1 saturated carbocycles. The largest absolute Gasteiger partial charge is 0.367 e. The zero-order valence-electron chi connectivity index (χ0n) is 19.5. The Labute approximate surface area is 140 Å². The first-order valence-electron chi connectivity index (χ1n) is 10.4. The number of nitrogens with one attached hydrogen (secondary N) is 2. The lowest BCUT2D eigenvalue weighted by molar-refractivity contribution is 0.102. The van der Waals surface area contributed by atoms with Crippen molar-refractivity contribution in [3.63, 3.8) is 0 Å². The lowest BCUT2D eigenvalue weighted by Crippen LogP contribution is -2.17. The molecule has 1 amide bonds. The van der Waals surface area contributed by atoms with Crippen LogP contribution in [0.4, 0.5) is 11.5 Å². The first-order valence-corrected chi connectivity index (χ1v) is 6.27. The molecule has 0 aromatic carbocycles. The van der Waals surface area contributed by atoms with Crippen molar-refractivity contribution < 1.29 is 17.1 Å². The molecule has 0 spiro atoms. The Morgan fingerprint density at radius 1 is 1.57 bits per heavy atom. The third kappa shape index (κ3) is 3.13. The molecule has 1 aliphatic rings. The van der Waals surface area contributed by atoms with Crippen molar-refractivity contribution in [2.24, 2.45) is 0 Å². The van der Waals surface area contributed by atoms with Gasteiger partial charge in [0.1, 0.15) is 5.82 Å². The minimum absolute atomic E-state index is 0.118. The van der Waals surface area contributed by atoms with Crippen LogP contribution in [0, 0.1) is 6.85 Å². The van der Waals surface area contributed by atoms with Crippen LogP contribution in [0.5, 0.6) is 0 Å². The lowest BCUT2D eigenvalue weighted by Gasteiger charge is -2.12.